The molecule has 4 nitrogen and oxygen atoms in total. The minimum absolute atomic E-state index is 0.0529. The number of alkyl halides is 3. The van der Waals surface area contributed by atoms with Gasteiger partial charge in [-0.15, -0.1) is 0 Å². The number of hydrogen-bond donors (Lipinski definition) is 0. The summed E-state index contributed by atoms with van der Waals surface area (Å²) in [6.45, 7) is 0.155. The Morgan fingerprint density at radius 3 is 2.61 bits per heavy atom. The highest BCUT2D eigenvalue weighted by Crippen LogP contribution is 2.35. The Morgan fingerprint density at radius 2 is 2.00 bits per heavy atom. The number of halogens is 4. The fraction of sp³-hybridized carbons (Fsp3) is 0.133. The first-order chi connectivity index (χ1) is 10.9. The van der Waals surface area contributed by atoms with E-state index in [0.717, 1.165) is 6.07 Å². The second kappa shape index (κ2) is 5.56. The van der Waals surface area contributed by atoms with Crippen LogP contribution in [0.1, 0.15) is 16.8 Å². The van der Waals surface area contributed by atoms with Crippen molar-refractivity contribution in [3.05, 3.63) is 58.6 Å². The Balaban J connectivity index is 2.08. The van der Waals surface area contributed by atoms with Crippen LogP contribution in [0.5, 0.6) is 0 Å². The normalized spacial score (nSPS) is 11.6. The molecule has 0 radical (unpaired) electrons. The third kappa shape index (κ3) is 2.85. The zero-order valence-electron chi connectivity index (χ0n) is 11.5. The molecule has 0 saturated heterocycles. The Morgan fingerprint density at radius 1 is 1.22 bits per heavy atom. The van der Waals surface area contributed by atoms with Gasteiger partial charge in [0, 0.05) is 6.20 Å². The van der Waals surface area contributed by atoms with Crippen molar-refractivity contribution in [3.8, 4) is 6.07 Å². The highest BCUT2D eigenvalue weighted by atomic mass is 35.5. The molecule has 0 aliphatic heterocycles. The molecule has 0 spiro atoms. The molecule has 0 atom stereocenters. The molecular formula is C15H8ClF3N4. The fourth-order valence-corrected chi connectivity index (χ4v) is 2.48. The van der Waals surface area contributed by atoms with Crippen molar-refractivity contribution < 1.29 is 13.2 Å². The summed E-state index contributed by atoms with van der Waals surface area (Å²) in [7, 11) is 0. The number of nitrogens with zero attached hydrogens (tertiary/aromatic N) is 4. The van der Waals surface area contributed by atoms with Crippen molar-refractivity contribution in [2.45, 2.75) is 12.7 Å². The van der Waals surface area contributed by atoms with Crippen LogP contribution in [-0.4, -0.2) is 14.5 Å². The van der Waals surface area contributed by atoms with Crippen molar-refractivity contribution in [1.29, 1.82) is 5.26 Å². The molecule has 0 fully saturated rings. The summed E-state index contributed by atoms with van der Waals surface area (Å²) in [6.07, 6.45) is -3.11. The third-order valence-electron chi connectivity index (χ3n) is 3.31. The fourth-order valence-electron chi connectivity index (χ4n) is 2.24. The van der Waals surface area contributed by atoms with Crippen LogP contribution in [0.4, 0.5) is 13.2 Å². The average Bonchev–Trinajstić information content (AvgIpc) is 2.83. The molecule has 3 rings (SSSR count). The van der Waals surface area contributed by atoms with Gasteiger partial charge >= 0.3 is 6.18 Å². The predicted molar refractivity (Wildman–Crippen MR) is 77.8 cm³/mol. The summed E-state index contributed by atoms with van der Waals surface area (Å²) in [5.41, 5.74) is 0.204. The molecule has 0 saturated carbocycles. The van der Waals surface area contributed by atoms with Crippen molar-refractivity contribution in [2.75, 3.05) is 0 Å². The van der Waals surface area contributed by atoms with E-state index in [1.807, 2.05) is 6.07 Å². The van der Waals surface area contributed by atoms with Crippen molar-refractivity contribution >= 4 is 22.6 Å². The number of hydrogen-bond acceptors (Lipinski definition) is 3. The molecule has 23 heavy (non-hydrogen) atoms. The molecule has 0 bridgehead atoms. The Kier molecular flexibility index (Phi) is 3.70. The van der Waals surface area contributed by atoms with Gasteiger partial charge in [-0.25, -0.2) is 4.98 Å². The molecule has 0 aliphatic rings. The highest BCUT2D eigenvalue weighted by molar-refractivity contribution is 6.29. The summed E-state index contributed by atoms with van der Waals surface area (Å²) in [5.74, 6) is 0. The molecule has 0 N–H and O–H groups in total. The molecule has 116 valence electrons. The highest BCUT2D eigenvalue weighted by Gasteiger charge is 2.34. The molecule has 0 unspecified atom stereocenters. The van der Waals surface area contributed by atoms with Gasteiger partial charge < -0.3 is 4.57 Å². The van der Waals surface area contributed by atoms with Crippen molar-refractivity contribution in [2.24, 2.45) is 0 Å². The van der Waals surface area contributed by atoms with E-state index in [4.69, 9.17) is 16.9 Å². The number of nitriles is 1. The number of imidazole rings is 1. The standard InChI is InChI=1S/C15H8ClF3N4/c16-14-22-13-11(15(17,18)19)2-1-3-12(13)23(14)8-10-5-4-9(6-20)7-21-10/h1-5,7H,8H2. The summed E-state index contributed by atoms with van der Waals surface area (Å²) < 4.78 is 40.5. The number of pyridine rings is 1. The lowest BCUT2D eigenvalue weighted by Gasteiger charge is -2.08. The number of benzene rings is 1. The van der Waals surface area contributed by atoms with E-state index in [9.17, 15) is 13.2 Å². The second-order valence-corrected chi connectivity index (χ2v) is 5.13. The van der Waals surface area contributed by atoms with Gasteiger partial charge in [0.2, 0.25) is 5.28 Å². The van der Waals surface area contributed by atoms with E-state index >= 15 is 0 Å². The molecule has 1 aromatic carbocycles. The van der Waals surface area contributed by atoms with Gasteiger partial charge in [0.05, 0.1) is 28.9 Å². The molecule has 0 amide bonds. The number of rotatable bonds is 2. The lowest BCUT2D eigenvalue weighted by Crippen LogP contribution is -2.06. The molecule has 0 aliphatic carbocycles. The quantitative estimate of drug-likeness (QED) is 0.710. The lowest BCUT2D eigenvalue weighted by molar-refractivity contribution is -0.136. The van der Waals surface area contributed by atoms with E-state index in [1.54, 1.807) is 12.1 Å². The third-order valence-corrected chi connectivity index (χ3v) is 3.60. The molecule has 8 heteroatoms. The minimum atomic E-state index is -4.51. The van der Waals surface area contributed by atoms with Gasteiger partial charge in [0.25, 0.3) is 0 Å². The maximum absolute atomic E-state index is 13.0. The van der Waals surface area contributed by atoms with E-state index < -0.39 is 11.7 Å². The van der Waals surface area contributed by atoms with Gasteiger partial charge in [-0.05, 0) is 35.9 Å². The Bertz CT molecular complexity index is 907. The van der Waals surface area contributed by atoms with E-state index in [2.05, 4.69) is 9.97 Å². The zero-order chi connectivity index (χ0) is 16.6. The monoisotopic (exact) mass is 336 g/mol. The van der Waals surface area contributed by atoms with Crippen LogP contribution >= 0.6 is 11.6 Å². The van der Waals surface area contributed by atoms with Crippen LogP contribution in [0.3, 0.4) is 0 Å². The first kappa shape index (κ1) is 15.3. The van der Waals surface area contributed by atoms with Gasteiger partial charge in [0.15, 0.2) is 0 Å². The van der Waals surface area contributed by atoms with Gasteiger partial charge in [0.1, 0.15) is 11.6 Å². The summed E-state index contributed by atoms with van der Waals surface area (Å²) in [4.78, 5) is 7.93. The molecular weight excluding hydrogens is 329 g/mol. The minimum Gasteiger partial charge on any atom is -0.309 e. The number of fused-ring (bicyclic) bond motifs is 1. The van der Waals surface area contributed by atoms with Crippen LogP contribution in [-0.2, 0) is 12.7 Å². The molecule has 2 aromatic heterocycles. The maximum Gasteiger partial charge on any atom is 0.418 e. The van der Waals surface area contributed by atoms with Gasteiger partial charge in [-0.3, -0.25) is 4.98 Å². The summed E-state index contributed by atoms with van der Waals surface area (Å²) >= 11 is 6.00. The van der Waals surface area contributed by atoms with Crippen molar-refractivity contribution in [3.63, 3.8) is 0 Å². The lowest BCUT2D eigenvalue weighted by atomic mass is 10.2. The summed E-state index contributed by atoms with van der Waals surface area (Å²) in [6, 6.07) is 8.95. The number of aromatic nitrogens is 3. The zero-order valence-corrected chi connectivity index (χ0v) is 12.2. The molecule has 3 aromatic rings. The van der Waals surface area contributed by atoms with Crippen molar-refractivity contribution in [1.82, 2.24) is 14.5 Å². The first-order valence-electron chi connectivity index (χ1n) is 6.47. The average molecular weight is 337 g/mol. The predicted octanol–water partition coefficient (Wildman–Crippen LogP) is 4.02. The van der Waals surface area contributed by atoms with E-state index in [1.165, 1.54) is 22.9 Å². The smallest absolute Gasteiger partial charge is 0.309 e. The largest absolute Gasteiger partial charge is 0.418 e. The maximum atomic E-state index is 13.0. The molecule has 2 heterocycles. The summed E-state index contributed by atoms with van der Waals surface area (Å²) in [5, 5.41) is 8.69. The topological polar surface area (TPSA) is 54.5 Å². The Hall–Kier alpha value is -2.59. The van der Waals surface area contributed by atoms with E-state index in [-0.39, 0.29) is 22.9 Å². The number of para-hydroxylation sites is 1. The van der Waals surface area contributed by atoms with Crippen LogP contribution in [0.2, 0.25) is 5.28 Å². The van der Waals surface area contributed by atoms with E-state index in [0.29, 0.717) is 11.3 Å². The van der Waals surface area contributed by atoms with Crippen LogP contribution in [0.15, 0.2) is 36.5 Å². The van der Waals surface area contributed by atoms with Crippen LogP contribution in [0, 0.1) is 11.3 Å². The first-order valence-corrected chi connectivity index (χ1v) is 6.85. The SMILES string of the molecule is N#Cc1ccc(Cn2c(Cl)nc3c(C(F)(F)F)cccc32)nc1. The van der Waals surface area contributed by atoms with Crippen LogP contribution < -0.4 is 0 Å². The van der Waals surface area contributed by atoms with Gasteiger partial charge in [-0.2, -0.15) is 18.4 Å². The Labute approximate surface area is 133 Å². The van der Waals surface area contributed by atoms with Gasteiger partial charge in [-0.1, -0.05) is 6.07 Å². The van der Waals surface area contributed by atoms with Crippen LogP contribution in [0.25, 0.3) is 11.0 Å². The second-order valence-electron chi connectivity index (χ2n) is 4.79.